The monoisotopic (exact) mass is 316 g/mol. The third kappa shape index (κ3) is 3.99. The Morgan fingerprint density at radius 2 is 1.96 bits per heavy atom. The Morgan fingerprint density at radius 1 is 1.13 bits per heavy atom. The van der Waals surface area contributed by atoms with Crippen LogP contribution in [0.4, 0.5) is 0 Å². The van der Waals surface area contributed by atoms with E-state index in [0.29, 0.717) is 19.3 Å². The number of hydrogen-bond acceptors (Lipinski definition) is 4. The van der Waals surface area contributed by atoms with E-state index in [9.17, 15) is 0 Å². The average molecular weight is 316 g/mol. The highest BCUT2D eigenvalue weighted by Crippen LogP contribution is 2.38. The largest absolute Gasteiger partial charge is 0.373 e. The highest BCUT2D eigenvalue weighted by molar-refractivity contribution is 5.15. The Kier molecular flexibility index (Phi) is 5.43. The number of aromatic nitrogens is 2. The Hall–Kier alpha value is -1.69. The van der Waals surface area contributed by atoms with Crippen molar-refractivity contribution in [3.05, 3.63) is 53.9 Å². The quantitative estimate of drug-likeness (QED) is 0.737. The first kappa shape index (κ1) is 16.2. The van der Waals surface area contributed by atoms with E-state index in [0.717, 1.165) is 12.8 Å². The summed E-state index contributed by atoms with van der Waals surface area (Å²) >= 11 is 0. The van der Waals surface area contributed by atoms with Crippen LogP contribution in [0.15, 0.2) is 42.6 Å². The van der Waals surface area contributed by atoms with Crippen LogP contribution in [0.5, 0.6) is 0 Å². The molecule has 0 amide bonds. The summed E-state index contributed by atoms with van der Waals surface area (Å²) in [6.45, 7) is 0.949. The van der Waals surface area contributed by atoms with E-state index in [1.165, 1.54) is 11.3 Å². The molecule has 1 aliphatic rings. The Labute approximate surface area is 137 Å². The molecule has 1 aromatic heterocycles. The van der Waals surface area contributed by atoms with Crippen molar-refractivity contribution in [3.63, 3.8) is 0 Å². The van der Waals surface area contributed by atoms with Crippen LogP contribution in [-0.4, -0.2) is 35.9 Å². The summed E-state index contributed by atoms with van der Waals surface area (Å²) in [4.78, 5) is 0. The van der Waals surface area contributed by atoms with Crippen LogP contribution < -0.4 is 0 Å². The number of rotatable bonds is 7. The number of hydrogen-bond donors (Lipinski definition) is 0. The molecular weight excluding hydrogens is 292 g/mol. The fourth-order valence-electron chi connectivity index (χ4n) is 3.28. The van der Waals surface area contributed by atoms with E-state index >= 15 is 0 Å². The van der Waals surface area contributed by atoms with E-state index in [4.69, 9.17) is 14.2 Å². The van der Waals surface area contributed by atoms with Gasteiger partial charge in [0.05, 0.1) is 18.8 Å². The third-order valence-corrected chi connectivity index (χ3v) is 4.43. The molecule has 3 unspecified atom stereocenters. The van der Waals surface area contributed by atoms with E-state index in [-0.39, 0.29) is 12.2 Å². The summed E-state index contributed by atoms with van der Waals surface area (Å²) in [6.07, 6.45) is 3.95. The molecule has 0 N–H and O–H groups in total. The fraction of sp³-hybridized carbons (Fsp3) is 0.500. The van der Waals surface area contributed by atoms with E-state index in [1.54, 1.807) is 7.11 Å². The number of nitrogens with zero attached hydrogens (tertiary/aromatic N) is 2. The summed E-state index contributed by atoms with van der Waals surface area (Å²) in [6, 6.07) is 12.3. The van der Waals surface area contributed by atoms with Crippen molar-refractivity contribution >= 4 is 0 Å². The molecule has 3 rings (SSSR count). The normalized spacial score (nSPS) is 24.2. The molecule has 5 heteroatoms. The summed E-state index contributed by atoms with van der Waals surface area (Å²) in [5.74, 6) is 0.290. The molecular formula is C18H24N2O3. The SMILES string of the molecule is COCOC1CC(OCc2ccccc2)CC1c1ccnn1C. The number of ether oxygens (including phenoxy) is 3. The average Bonchev–Trinajstić information content (AvgIpc) is 3.17. The first-order valence-electron chi connectivity index (χ1n) is 8.02. The van der Waals surface area contributed by atoms with Crippen molar-refractivity contribution in [1.29, 1.82) is 0 Å². The lowest BCUT2D eigenvalue weighted by atomic mass is 10.0. The van der Waals surface area contributed by atoms with E-state index < -0.39 is 0 Å². The maximum Gasteiger partial charge on any atom is 0.146 e. The molecule has 0 spiro atoms. The second-order valence-corrected chi connectivity index (χ2v) is 5.99. The molecule has 124 valence electrons. The summed E-state index contributed by atoms with van der Waals surface area (Å²) in [5.41, 5.74) is 2.39. The lowest BCUT2D eigenvalue weighted by Gasteiger charge is -2.19. The van der Waals surface area contributed by atoms with Gasteiger partial charge < -0.3 is 14.2 Å². The third-order valence-electron chi connectivity index (χ3n) is 4.43. The van der Waals surface area contributed by atoms with Gasteiger partial charge in [0.2, 0.25) is 0 Å². The molecule has 1 saturated carbocycles. The van der Waals surface area contributed by atoms with Crippen LogP contribution in [0.1, 0.15) is 30.0 Å². The number of benzene rings is 1. The van der Waals surface area contributed by atoms with Gasteiger partial charge >= 0.3 is 0 Å². The molecule has 1 aliphatic carbocycles. The van der Waals surface area contributed by atoms with Crippen LogP contribution in [0.3, 0.4) is 0 Å². The summed E-state index contributed by atoms with van der Waals surface area (Å²) in [5, 5.41) is 4.28. The molecule has 5 nitrogen and oxygen atoms in total. The second kappa shape index (κ2) is 7.73. The molecule has 0 bridgehead atoms. The van der Waals surface area contributed by atoms with Gasteiger partial charge in [-0.25, -0.2) is 0 Å². The topological polar surface area (TPSA) is 45.5 Å². The molecule has 1 fully saturated rings. The standard InChI is InChI=1S/C18H24N2O3/c1-20-17(8-9-19-20)16-10-15(11-18(16)23-13-21-2)22-12-14-6-4-3-5-7-14/h3-9,15-16,18H,10-13H2,1-2H3. The Morgan fingerprint density at radius 3 is 2.65 bits per heavy atom. The van der Waals surface area contributed by atoms with Crippen molar-refractivity contribution < 1.29 is 14.2 Å². The van der Waals surface area contributed by atoms with Gasteiger partial charge in [0.15, 0.2) is 0 Å². The Balaban J connectivity index is 1.63. The van der Waals surface area contributed by atoms with Crippen molar-refractivity contribution in [2.45, 2.75) is 37.6 Å². The number of methoxy groups -OCH3 is 1. The summed E-state index contributed by atoms with van der Waals surface area (Å²) in [7, 11) is 3.62. The van der Waals surface area contributed by atoms with Gasteiger partial charge in [-0.3, -0.25) is 4.68 Å². The van der Waals surface area contributed by atoms with Crippen LogP contribution in [0.25, 0.3) is 0 Å². The minimum absolute atomic E-state index is 0.103. The molecule has 1 heterocycles. The van der Waals surface area contributed by atoms with Crippen LogP contribution in [-0.2, 0) is 27.9 Å². The van der Waals surface area contributed by atoms with E-state index in [1.807, 2.05) is 36.1 Å². The molecule has 0 saturated heterocycles. The molecule has 2 aromatic rings. The van der Waals surface area contributed by atoms with Gasteiger partial charge in [-0.15, -0.1) is 0 Å². The van der Waals surface area contributed by atoms with Crippen molar-refractivity contribution in [2.24, 2.45) is 7.05 Å². The van der Waals surface area contributed by atoms with Crippen LogP contribution in [0.2, 0.25) is 0 Å². The molecule has 0 radical (unpaired) electrons. The Bertz CT molecular complexity index is 599. The van der Waals surface area contributed by atoms with Gasteiger partial charge in [-0.1, -0.05) is 30.3 Å². The molecule has 1 aromatic carbocycles. The zero-order chi connectivity index (χ0) is 16.1. The fourth-order valence-corrected chi connectivity index (χ4v) is 3.28. The maximum atomic E-state index is 6.12. The zero-order valence-corrected chi connectivity index (χ0v) is 13.7. The smallest absolute Gasteiger partial charge is 0.146 e. The highest BCUT2D eigenvalue weighted by Gasteiger charge is 2.38. The van der Waals surface area contributed by atoms with Crippen LogP contribution >= 0.6 is 0 Å². The zero-order valence-electron chi connectivity index (χ0n) is 13.7. The van der Waals surface area contributed by atoms with Crippen molar-refractivity contribution in [1.82, 2.24) is 9.78 Å². The van der Waals surface area contributed by atoms with E-state index in [2.05, 4.69) is 23.3 Å². The highest BCUT2D eigenvalue weighted by atomic mass is 16.7. The molecule has 3 atom stereocenters. The second-order valence-electron chi connectivity index (χ2n) is 5.99. The minimum atomic E-state index is 0.103. The number of aryl methyl sites for hydroxylation is 1. The first-order chi connectivity index (χ1) is 11.3. The summed E-state index contributed by atoms with van der Waals surface area (Å²) < 4.78 is 19.0. The molecule has 23 heavy (non-hydrogen) atoms. The van der Waals surface area contributed by atoms with Gasteiger partial charge in [0, 0.05) is 38.4 Å². The maximum absolute atomic E-state index is 6.12. The van der Waals surface area contributed by atoms with Crippen LogP contribution in [0, 0.1) is 0 Å². The lowest BCUT2D eigenvalue weighted by Crippen LogP contribution is -2.20. The van der Waals surface area contributed by atoms with Crippen molar-refractivity contribution in [2.75, 3.05) is 13.9 Å². The van der Waals surface area contributed by atoms with Gasteiger partial charge in [0.25, 0.3) is 0 Å². The van der Waals surface area contributed by atoms with Crippen molar-refractivity contribution in [3.8, 4) is 0 Å². The predicted octanol–water partition coefficient (Wildman–Crippen LogP) is 2.87. The first-order valence-corrected chi connectivity index (χ1v) is 8.02. The van der Waals surface area contributed by atoms with Gasteiger partial charge in [-0.2, -0.15) is 5.10 Å². The van der Waals surface area contributed by atoms with Gasteiger partial charge in [-0.05, 0) is 18.1 Å². The minimum Gasteiger partial charge on any atom is -0.373 e. The predicted molar refractivity (Wildman–Crippen MR) is 87.0 cm³/mol. The lowest BCUT2D eigenvalue weighted by molar-refractivity contribution is -0.0794. The molecule has 0 aliphatic heterocycles. The van der Waals surface area contributed by atoms with Gasteiger partial charge in [0.1, 0.15) is 6.79 Å².